The van der Waals surface area contributed by atoms with Crippen molar-refractivity contribution in [2.24, 2.45) is 0 Å². The molecule has 3 rings (SSSR count). The van der Waals surface area contributed by atoms with Crippen LogP contribution in [-0.2, 0) is 4.79 Å². The highest BCUT2D eigenvalue weighted by Crippen LogP contribution is 2.37. The second-order valence-corrected chi connectivity index (χ2v) is 8.36. The normalized spacial score (nSPS) is 16.4. The summed E-state index contributed by atoms with van der Waals surface area (Å²) in [6.45, 7) is 4.16. The highest BCUT2D eigenvalue weighted by atomic mass is 79.9. The molecule has 30 heavy (non-hydrogen) atoms. The Hall–Kier alpha value is -2.58. The lowest BCUT2D eigenvalue weighted by Gasteiger charge is -2.38. The predicted molar refractivity (Wildman–Crippen MR) is 126 cm³/mol. The van der Waals surface area contributed by atoms with Gasteiger partial charge >= 0.3 is 0 Å². The van der Waals surface area contributed by atoms with E-state index < -0.39 is 6.04 Å². The maximum atomic E-state index is 13.2. The Kier molecular flexibility index (Phi) is 6.67. The maximum Gasteiger partial charge on any atom is 0.253 e. The molecule has 0 radical (unpaired) electrons. The van der Waals surface area contributed by atoms with E-state index in [4.69, 9.17) is 17.0 Å². The summed E-state index contributed by atoms with van der Waals surface area (Å²) >= 11 is 9.18. The SMILES string of the molecule is CCOc1cc(C2NC(=S)N(c3cccc(Br)c3)C(C)=C2C(=O)N(C)C)ccc1O. The predicted octanol–water partition coefficient (Wildman–Crippen LogP) is 4.35. The number of halogens is 1. The number of phenolic OH excluding ortho intramolecular Hbond substituents is 1. The van der Waals surface area contributed by atoms with Crippen LogP contribution < -0.4 is 15.0 Å². The zero-order valence-electron chi connectivity index (χ0n) is 17.3. The monoisotopic (exact) mass is 489 g/mol. The first-order valence-corrected chi connectivity index (χ1v) is 10.7. The number of rotatable bonds is 5. The Morgan fingerprint density at radius 1 is 1.30 bits per heavy atom. The average molecular weight is 490 g/mol. The lowest BCUT2D eigenvalue weighted by Crippen LogP contribution is -2.49. The van der Waals surface area contributed by atoms with Crippen molar-refractivity contribution in [1.29, 1.82) is 0 Å². The summed E-state index contributed by atoms with van der Waals surface area (Å²) < 4.78 is 6.45. The van der Waals surface area contributed by atoms with Crippen LogP contribution in [0.2, 0.25) is 0 Å². The second-order valence-electron chi connectivity index (χ2n) is 7.06. The Balaban J connectivity index is 2.16. The molecular weight excluding hydrogens is 466 g/mol. The van der Waals surface area contributed by atoms with Crippen molar-refractivity contribution in [1.82, 2.24) is 10.2 Å². The van der Waals surface area contributed by atoms with E-state index in [-0.39, 0.29) is 11.7 Å². The molecule has 0 bridgehead atoms. The molecule has 0 saturated carbocycles. The lowest BCUT2D eigenvalue weighted by atomic mass is 9.93. The largest absolute Gasteiger partial charge is 0.504 e. The fraction of sp³-hybridized carbons (Fsp3) is 0.273. The zero-order valence-corrected chi connectivity index (χ0v) is 19.7. The summed E-state index contributed by atoms with van der Waals surface area (Å²) in [7, 11) is 3.44. The number of thiocarbonyl (C=S) groups is 1. The molecule has 2 N–H and O–H groups in total. The number of nitrogens with zero attached hydrogens (tertiary/aromatic N) is 2. The number of phenols is 1. The van der Waals surface area contributed by atoms with Crippen LogP contribution in [0.3, 0.4) is 0 Å². The van der Waals surface area contributed by atoms with Gasteiger partial charge in [-0.1, -0.05) is 28.1 Å². The van der Waals surface area contributed by atoms with Gasteiger partial charge in [-0.25, -0.2) is 0 Å². The summed E-state index contributed by atoms with van der Waals surface area (Å²) in [5.41, 5.74) is 2.94. The van der Waals surface area contributed by atoms with E-state index >= 15 is 0 Å². The molecule has 1 atom stereocenters. The number of hydrogen-bond donors (Lipinski definition) is 2. The van der Waals surface area contributed by atoms with Gasteiger partial charge in [0.25, 0.3) is 5.91 Å². The summed E-state index contributed by atoms with van der Waals surface area (Å²) in [5.74, 6) is 0.293. The maximum absolute atomic E-state index is 13.2. The molecule has 8 heteroatoms. The van der Waals surface area contributed by atoms with Crippen LogP contribution in [0.15, 0.2) is 58.2 Å². The van der Waals surface area contributed by atoms with Crippen LogP contribution in [-0.4, -0.2) is 41.7 Å². The van der Waals surface area contributed by atoms with Crippen LogP contribution in [0, 0.1) is 0 Å². The van der Waals surface area contributed by atoms with Crippen molar-refractivity contribution in [2.75, 3.05) is 25.6 Å². The van der Waals surface area contributed by atoms with E-state index in [0.29, 0.717) is 23.0 Å². The minimum atomic E-state index is -0.476. The second kappa shape index (κ2) is 9.06. The van der Waals surface area contributed by atoms with Crippen molar-refractivity contribution in [2.45, 2.75) is 19.9 Å². The summed E-state index contributed by atoms with van der Waals surface area (Å²) in [5, 5.41) is 13.9. The van der Waals surface area contributed by atoms with Crippen LogP contribution in [0.25, 0.3) is 0 Å². The molecule has 0 spiro atoms. The number of carbonyl (C=O) groups excluding carboxylic acids is 1. The molecule has 2 aromatic carbocycles. The molecule has 6 nitrogen and oxygen atoms in total. The number of aromatic hydroxyl groups is 1. The highest BCUT2D eigenvalue weighted by Gasteiger charge is 2.35. The van der Waals surface area contributed by atoms with Gasteiger partial charge in [0.15, 0.2) is 16.6 Å². The Bertz CT molecular complexity index is 1020. The molecule has 0 aromatic heterocycles. The van der Waals surface area contributed by atoms with E-state index in [9.17, 15) is 9.90 Å². The van der Waals surface area contributed by atoms with E-state index in [1.165, 1.54) is 0 Å². The van der Waals surface area contributed by atoms with Gasteiger partial charge < -0.3 is 20.1 Å². The van der Waals surface area contributed by atoms with Crippen LogP contribution in [0.1, 0.15) is 25.5 Å². The molecule has 0 fully saturated rings. The number of amides is 1. The quantitative estimate of drug-likeness (QED) is 0.608. The van der Waals surface area contributed by atoms with Crippen molar-refractivity contribution >= 4 is 44.9 Å². The molecule has 158 valence electrons. The fourth-order valence-electron chi connectivity index (χ4n) is 3.42. The van der Waals surface area contributed by atoms with Gasteiger partial charge in [0.2, 0.25) is 0 Å². The molecule has 0 saturated heterocycles. The standard InChI is InChI=1S/C22H24BrN3O3S/c1-5-29-18-11-14(9-10-17(18)27)20-19(21(28)25(3)4)13(2)26(22(30)24-20)16-8-6-7-15(23)12-16/h6-12,20,27H,5H2,1-4H3,(H,24,30). The van der Waals surface area contributed by atoms with E-state index in [1.807, 2.05) is 43.0 Å². The number of hydrogen-bond acceptors (Lipinski definition) is 4. The van der Waals surface area contributed by atoms with Gasteiger partial charge in [0.1, 0.15) is 0 Å². The van der Waals surface area contributed by atoms with Crippen molar-refractivity contribution in [3.63, 3.8) is 0 Å². The van der Waals surface area contributed by atoms with Crippen molar-refractivity contribution in [3.05, 3.63) is 63.8 Å². The van der Waals surface area contributed by atoms with Gasteiger partial charge in [-0.05, 0) is 62.0 Å². The lowest BCUT2D eigenvalue weighted by molar-refractivity contribution is -0.125. The molecule has 1 unspecified atom stereocenters. The third-order valence-electron chi connectivity index (χ3n) is 4.80. The minimum Gasteiger partial charge on any atom is -0.504 e. The number of carbonyl (C=O) groups is 1. The van der Waals surface area contributed by atoms with Crippen molar-refractivity contribution in [3.8, 4) is 11.5 Å². The Morgan fingerprint density at radius 3 is 2.67 bits per heavy atom. The molecule has 1 aliphatic heterocycles. The molecule has 0 aliphatic carbocycles. The van der Waals surface area contributed by atoms with Crippen LogP contribution in [0.4, 0.5) is 5.69 Å². The topological polar surface area (TPSA) is 65.0 Å². The smallest absolute Gasteiger partial charge is 0.253 e. The summed E-state index contributed by atoms with van der Waals surface area (Å²) in [6, 6.07) is 12.3. The zero-order chi connectivity index (χ0) is 22.0. The Labute approximate surface area is 190 Å². The van der Waals surface area contributed by atoms with Gasteiger partial charge in [-0.2, -0.15) is 0 Å². The number of benzene rings is 2. The van der Waals surface area contributed by atoms with E-state index in [0.717, 1.165) is 21.4 Å². The van der Waals surface area contributed by atoms with Gasteiger partial charge in [-0.3, -0.25) is 9.69 Å². The fourth-order valence-corrected chi connectivity index (χ4v) is 4.17. The number of nitrogens with one attached hydrogen (secondary N) is 1. The van der Waals surface area contributed by atoms with Gasteiger partial charge in [0.05, 0.1) is 18.2 Å². The van der Waals surface area contributed by atoms with E-state index in [2.05, 4.69) is 21.2 Å². The first-order chi connectivity index (χ1) is 14.2. The number of allylic oxidation sites excluding steroid dienone is 1. The molecule has 1 amide bonds. The molecule has 1 heterocycles. The summed E-state index contributed by atoms with van der Waals surface area (Å²) in [4.78, 5) is 16.6. The first-order valence-electron chi connectivity index (χ1n) is 9.49. The third kappa shape index (κ3) is 4.29. The van der Waals surface area contributed by atoms with Crippen LogP contribution >= 0.6 is 28.1 Å². The molecule has 2 aromatic rings. The van der Waals surface area contributed by atoms with Gasteiger partial charge in [-0.15, -0.1) is 0 Å². The molecular formula is C22H24BrN3O3S. The third-order valence-corrected chi connectivity index (χ3v) is 5.60. The van der Waals surface area contributed by atoms with E-state index in [1.54, 1.807) is 37.2 Å². The Morgan fingerprint density at radius 2 is 2.03 bits per heavy atom. The number of ether oxygens (including phenoxy) is 1. The highest BCUT2D eigenvalue weighted by molar-refractivity contribution is 9.10. The number of likely N-dealkylation sites (N-methyl/N-ethyl adjacent to an activating group) is 1. The van der Waals surface area contributed by atoms with Crippen molar-refractivity contribution < 1.29 is 14.6 Å². The van der Waals surface area contributed by atoms with Gasteiger partial charge in [0, 0.05) is 30.0 Å². The number of anilines is 1. The first kappa shape index (κ1) is 22.1. The average Bonchev–Trinajstić information content (AvgIpc) is 2.69. The molecule has 1 aliphatic rings. The summed E-state index contributed by atoms with van der Waals surface area (Å²) in [6.07, 6.45) is 0. The minimum absolute atomic E-state index is 0.0518. The van der Waals surface area contributed by atoms with Crippen LogP contribution in [0.5, 0.6) is 11.5 Å².